The highest BCUT2D eigenvalue weighted by atomic mass is 79.9. The largest absolute Gasteiger partial charge is 0.493 e. The Kier molecular flexibility index (Phi) is 5.20. The molecular formula is C13H16BrClO4S. The third kappa shape index (κ3) is 4.27. The molecule has 4 nitrogen and oxygen atoms in total. The smallest absolute Gasteiger partial charge is 0.236 e. The van der Waals surface area contributed by atoms with Gasteiger partial charge in [-0.15, -0.1) is 0 Å². The average Bonchev–Trinajstić information content (AvgIpc) is 2.83. The van der Waals surface area contributed by atoms with Crippen molar-refractivity contribution in [1.82, 2.24) is 0 Å². The lowest BCUT2D eigenvalue weighted by Gasteiger charge is -2.18. The Morgan fingerprint density at radius 3 is 2.55 bits per heavy atom. The van der Waals surface area contributed by atoms with Crippen LogP contribution < -0.4 is 9.47 Å². The summed E-state index contributed by atoms with van der Waals surface area (Å²) in [7, 11) is 3.21. The zero-order chi connectivity index (χ0) is 14.8. The van der Waals surface area contributed by atoms with Crippen molar-refractivity contribution in [3.8, 4) is 11.5 Å². The van der Waals surface area contributed by atoms with E-state index in [4.69, 9.17) is 20.2 Å². The first kappa shape index (κ1) is 15.9. The van der Waals surface area contributed by atoms with E-state index in [1.807, 2.05) is 0 Å². The first-order chi connectivity index (χ1) is 9.39. The highest BCUT2D eigenvalue weighted by Gasteiger charge is 2.21. The number of hydrogen-bond donors (Lipinski definition) is 0. The van der Waals surface area contributed by atoms with Crippen molar-refractivity contribution in [3.05, 3.63) is 22.2 Å². The Bertz CT molecular complexity index is 582. The molecule has 1 aromatic rings. The van der Waals surface area contributed by atoms with Crippen LogP contribution in [0.4, 0.5) is 0 Å². The third-order valence-corrected chi connectivity index (χ3v) is 4.81. The van der Waals surface area contributed by atoms with Crippen molar-refractivity contribution >= 4 is 35.7 Å². The maximum Gasteiger partial charge on any atom is 0.236 e. The lowest BCUT2D eigenvalue weighted by Crippen LogP contribution is -2.12. The summed E-state index contributed by atoms with van der Waals surface area (Å²) in [5, 5.41) is 0. The molecule has 0 spiro atoms. The molecule has 0 N–H and O–H groups in total. The molecule has 1 fully saturated rings. The van der Waals surface area contributed by atoms with Crippen LogP contribution in [0.3, 0.4) is 0 Å². The molecule has 0 aliphatic heterocycles. The van der Waals surface area contributed by atoms with Crippen molar-refractivity contribution in [2.24, 2.45) is 0 Å². The first-order valence-electron chi connectivity index (χ1n) is 6.34. The fraction of sp³-hybridized carbons (Fsp3) is 0.538. The van der Waals surface area contributed by atoms with Crippen LogP contribution in [0.15, 0.2) is 16.6 Å². The lowest BCUT2D eigenvalue weighted by molar-refractivity contribution is 0.199. The van der Waals surface area contributed by atoms with E-state index in [0.29, 0.717) is 21.5 Å². The van der Waals surface area contributed by atoms with E-state index in [9.17, 15) is 8.42 Å². The number of hydrogen-bond acceptors (Lipinski definition) is 4. The van der Waals surface area contributed by atoms with Crippen LogP contribution in [0.1, 0.15) is 31.2 Å². The summed E-state index contributed by atoms with van der Waals surface area (Å²) in [4.78, 5) is 0. The number of ether oxygens (including phenoxy) is 2. The van der Waals surface area contributed by atoms with E-state index in [2.05, 4.69) is 15.9 Å². The highest BCUT2D eigenvalue weighted by molar-refractivity contribution is 9.10. The van der Waals surface area contributed by atoms with Crippen LogP contribution in [0, 0.1) is 0 Å². The van der Waals surface area contributed by atoms with Gasteiger partial charge in [-0.1, -0.05) is 0 Å². The number of rotatable bonds is 5. The summed E-state index contributed by atoms with van der Waals surface area (Å²) in [6.07, 6.45) is 4.61. The molecule has 20 heavy (non-hydrogen) atoms. The topological polar surface area (TPSA) is 52.6 Å². The van der Waals surface area contributed by atoms with Crippen molar-refractivity contribution in [2.75, 3.05) is 7.11 Å². The van der Waals surface area contributed by atoms with Gasteiger partial charge in [-0.3, -0.25) is 0 Å². The minimum absolute atomic E-state index is 0.197. The molecule has 0 aromatic heterocycles. The lowest BCUT2D eigenvalue weighted by atomic mass is 10.2. The van der Waals surface area contributed by atoms with Gasteiger partial charge >= 0.3 is 0 Å². The molecular weight excluding hydrogens is 368 g/mol. The van der Waals surface area contributed by atoms with E-state index in [0.717, 1.165) is 12.8 Å². The number of methoxy groups -OCH3 is 1. The maximum atomic E-state index is 11.2. The highest BCUT2D eigenvalue weighted by Crippen LogP contribution is 2.39. The second-order valence-corrected chi connectivity index (χ2v) is 8.45. The summed E-state index contributed by atoms with van der Waals surface area (Å²) in [6.45, 7) is 0. The normalized spacial score (nSPS) is 16.4. The van der Waals surface area contributed by atoms with E-state index in [1.54, 1.807) is 12.1 Å². The molecule has 2 rings (SSSR count). The molecule has 0 unspecified atom stereocenters. The molecule has 1 aliphatic rings. The van der Waals surface area contributed by atoms with Gasteiger partial charge in [0.2, 0.25) is 9.05 Å². The number of halogens is 2. The monoisotopic (exact) mass is 382 g/mol. The van der Waals surface area contributed by atoms with Gasteiger partial charge in [0, 0.05) is 10.7 Å². The Balaban J connectivity index is 2.27. The molecule has 0 bridgehead atoms. The SMILES string of the molecule is COc1cc(CS(=O)(=O)Cl)cc(Br)c1OC1CCCC1. The molecule has 1 aromatic carbocycles. The van der Waals surface area contributed by atoms with Gasteiger partial charge in [-0.05, 0) is 59.3 Å². The molecule has 0 atom stereocenters. The second-order valence-electron chi connectivity index (χ2n) is 4.82. The van der Waals surface area contributed by atoms with Gasteiger partial charge in [-0.25, -0.2) is 8.42 Å². The van der Waals surface area contributed by atoms with Gasteiger partial charge in [0.15, 0.2) is 11.5 Å². The van der Waals surface area contributed by atoms with Gasteiger partial charge < -0.3 is 9.47 Å². The fourth-order valence-electron chi connectivity index (χ4n) is 2.34. The molecule has 7 heteroatoms. The van der Waals surface area contributed by atoms with Gasteiger partial charge in [0.05, 0.1) is 23.4 Å². The Morgan fingerprint density at radius 1 is 1.35 bits per heavy atom. The second kappa shape index (κ2) is 6.54. The minimum Gasteiger partial charge on any atom is -0.493 e. The van der Waals surface area contributed by atoms with Crippen molar-refractivity contribution in [1.29, 1.82) is 0 Å². The van der Waals surface area contributed by atoms with Crippen molar-refractivity contribution in [2.45, 2.75) is 37.5 Å². The summed E-state index contributed by atoms with van der Waals surface area (Å²) >= 11 is 3.41. The fourth-order valence-corrected chi connectivity index (χ4v) is 3.87. The zero-order valence-corrected chi connectivity index (χ0v) is 14.2. The predicted octanol–water partition coefficient (Wildman–Crippen LogP) is 3.85. The molecule has 1 aliphatic carbocycles. The Morgan fingerprint density at radius 2 is 2.00 bits per heavy atom. The van der Waals surface area contributed by atoms with Crippen molar-refractivity contribution < 1.29 is 17.9 Å². The maximum absolute atomic E-state index is 11.2. The Hall–Kier alpha value is -0.460. The third-order valence-electron chi connectivity index (χ3n) is 3.22. The van der Waals surface area contributed by atoms with Crippen molar-refractivity contribution in [3.63, 3.8) is 0 Å². The summed E-state index contributed by atoms with van der Waals surface area (Å²) in [5.41, 5.74) is 0.558. The van der Waals surface area contributed by atoms with Gasteiger partial charge in [0.1, 0.15) is 0 Å². The zero-order valence-electron chi connectivity index (χ0n) is 11.1. The summed E-state index contributed by atoms with van der Waals surface area (Å²) in [5.74, 6) is 0.893. The first-order valence-corrected chi connectivity index (χ1v) is 9.61. The average molecular weight is 384 g/mol. The van der Waals surface area contributed by atoms with E-state index in [-0.39, 0.29) is 11.9 Å². The van der Waals surface area contributed by atoms with Crippen LogP contribution in [0.2, 0.25) is 0 Å². The number of benzene rings is 1. The molecule has 0 radical (unpaired) electrons. The molecule has 1 saturated carbocycles. The molecule has 0 saturated heterocycles. The quantitative estimate of drug-likeness (QED) is 0.725. The van der Waals surface area contributed by atoms with Crippen LogP contribution in [0.5, 0.6) is 11.5 Å². The van der Waals surface area contributed by atoms with E-state index >= 15 is 0 Å². The predicted molar refractivity (Wildman–Crippen MR) is 82.1 cm³/mol. The molecule has 112 valence electrons. The molecule has 0 amide bonds. The Labute approximate surface area is 132 Å². The van der Waals surface area contributed by atoms with Crippen LogP contribution >= 0.6 is 26.6 Å². The van der Waals surface area contributed by atoms with Gasteiger partial charge in [0.25, 0.3) is 0 Å². The standard InChI is InChI=1S/C13H16BrClO4S/c1-18-12-7-9(8-20(15,16)17)6-11(14)13(12)19-10-4-2-3-5-10/h6-7,10H,2-5,8H2,1H3. The minimum atomic E-state index is -3.60. The summed E-state index contributed by atoms with van der Waals surface area (Å²) < 4.78 is 34.2. The van der Waals surface area contributed by atoms with E-state index in [1.165, 1.54) is 20.0 Å². The van der Waals surface area contributed by atoms with Gasteiger partial charge in [-0.2, -0.15) is 0 Å². The van der Waals surface area contributed by atoms with E-state index < -0.39 is 9.05 Å². The summed E-state index contributed by atoms with van der Waals surface area (Å²) in [6, 6.07) is 3.35. The van der Waals surface area contributed by atoms with Crippen LogP contribution in [-0.4, -0.2) is 21.6 Å². The van der Waals surface area contributed by atoms with Crippen LogP contribution in [0.25, 0.3) is 0 Å². The van der Waals surface area contributed by atoms with Crippen LogP contribution in [-0.2, 0) is 14.8 Å². The molecule has 0 heterocycles.